The molecule has 1 N–H and O–H groups in total. The minimum absolute atomic E-state index is 0.412. The molecule has 18 heavy (non-hydrogen) atoms. The number of rotatable bonds is 6. The van der Waals surface area contributed by atoms with Crippen LogP contribution in [-0.2, 0) is 0 Å². The van der Waals surface area contributed by atoms with Gasteiger partial charge in [-0.25, -0.2) is 0 Å². The average molecular weight is 316 g/mol. The van der Waals surface area contributed by atoms with Gasteiger partial charge in [-0.3, -0.25) is 4.68 Å². The van der Waals surface area contributed by atoms with Crippen molar-refractivity contribution < 1.29 is 0 Å². The van der Waals surface area contributed by atoms with Gasteiger partial charge in [-0.15, -0.1) is 0 Å². The van der Waals surface area contributed by atoms with Crippen LogP contribution >= 0.6 is 15.9 Å². The van der Waals surface area contributed by atoms with E-state index in [1.165, 1.54) is 5.69 Å². The minimum atomic E-state index is 0.412. The predicted molar refractivity (Wildman–Crippen MR) is 81.0 cm³/mol. The van der Waals surface area contributed by atoms with Gasteiger partial charge < -0.3 is 5.32 Å². The summed E-state index contributed by atoms with van der Waals surface area (Å²) in [6, 6.07) is 0.412. The predicted octanol–water partition coefficient (Wildman–Crippen LogP) is 3.71. The Morgan fingerprint density at radius 2 is 1.78 bits per heavy atom. The molecule has 0 aromatic carbocycles. The topological polar surface area (TPSA) is 29.9 Å². The smallest absolute Gasteiger partial charge is 0.0738 e. The van der Waals surface area contributed by atoms with Crippen molar-refractivity contribution in [3.63, 3.8) is 0 Å². The van der Waals surface area contributed by atoms with E-state index >= 15 is 0 Å². The molecule has 2 atom stereocenters. The second kappa shape index (κ2) is 6.71. The van der Waals surface area contributed by atoms with Crippen molar-refractivity contribution in [3.05, 3.63) is 15.9 Å². The molecule has 1 aromatic heterocycles. The minimum Gasteiger partial charge on any atom is -0.316 e. The number of aryl methyl sites for hydroxylation is 1. The molecule has 4 heteroatoms. The van der Waals surface area contributed by atoms with Gasteiger partial charge in [-0.1, -0.05) is 20.8 Å². The number of halogens is 1. The van der Waals surface area contributed by atoms with Crippen LogP contribution < -0.4 is 5.32 Å². The van der Waals surface area contributed by atoms with Crippen molar-refractivity contribution in [1.29, 1.82) is 0 Å². The Bertz CT molecular complexity index is 385. The van der Waals surface area contributed by atoms with Gasteiger partial charge in [0.05, 0.1) is 21.9 Å². The van der Waals surface area contributed by atoms with Crippen LogP contribution in [0.25, 0.3) is 0 Å². The van der Waals surface area contributed by atoms with Gasteiger partial charge in [0.2, 0.25) is 0 Å². The Morgan fingerprint density at radius 3 is 2.22 bits per heavy atom. The van der Waals surface area contributed by atoms with Gasteiger partial charge in [0, 0.05) is 0 Å². The SMILES string of the molecule is Cc1nn(C(C)C(C)CNCC(C)C)c(C)c1Br. The Morgan fingerprint density at radius 1 is 1.17 bits per heavy atom. The summed E-state index contributed by atoms with van der Waals surface area (Å²) in [7, 11) is 0. The lowest BCUT2D eigenvalue weighted by Crippen LogP contribution is -2.30. The van der Waals surface area contributed by atoms with Gasteiger partial charge in [0.25, 0.3) is 0 Å². The molecule has 0 aliphatic carbocycles. The van der Waals surface area contributed by atoms with Crippen molar-refractivity contribution in [2.75, 3.05) is 13.1 Å². The molecule has 1 rings (SSSR count). The van der Waals surface area contributed by atoms with Crippen molar-refractivity contribution >= 4 is 15.9 Å². The lowest BCUT2D eigenvalue weighted by Gasteiger charge is -2.22. The molecule has 0 bridgehead atoms. The second-order valence-corrected chi connectivity index (χ2v) is 6.49. The third kappa shape index (κ3) is 3.82. The van der Waals surface area contributed by atoms with E-state index in [1.807, 2.05) is 6.92 Å². The lowest BCUT2D eigenvalue weighted by atomic mass is 10.0. The zero-order chi connectivity index (χ0) is 13.9. The third-order valence-electron chi connectivity index (χ3n) is 3.46. The van der Waals surface area contributed by atoms with Gasteiger partial charge in [-0.2, -0.15) is 5.10 Å². The van der Waals surface area contributed by atoms with Crippen molar-refractivity contribution in [2.45, 2.75) is 47.6 Å². The molecular weight excluding hydrogens is 290 g/mol. The first-order valence-corrected chi connectivity index (χ1v) is 7.55. The molecular formula is C14H26BrN3. The van der Waals surface area contributed by atoms with Crippen molar-refractivity contribution in [2.24, 2.45) is 11.8 Å². The van der Waals surface area contributed by atoms with Crippen LogP contribution in [0.5, 0.6) is 0 Å². The molecule has 3 nitrogen and oxygen atoms in total. The molecule has 0 fully saturated rings. The second-order valence-electron chi connectivity index (χ2n) is 5.70. The molecule has 0 radical (unpaired) electrons. The Kier molecular flexibility index (Phi) is 5.86. The van der Waals surface area contributed by atoms with Crippen LogP contribution in [0, 0.1) is 25.7 Å². The number of nitrogens with one attached hydrogen (secondary N) is 1. The number of nitrogens with zero attached hydrogens (tertiary/aromatic N) is 2. The van der Waals surface area contributed by atoms with E-state index in [0.29, 0.717) is 17.9 Å². The van der Waals surface area contributed by atoms with Crippen molar-refractivity contribution in [1.82, 2.24) is 15.1 Å². The van der Waals surface area contributed by atoms with Crippen LogP contribution in [0.4, 0.5) is 0 Å². The summed E-state index contributed by atoms with van der Waals surface area (Å²) < 4.78 is 3.28. The summed E-state index contributed by atoms with van der Waals surface area (Å²) >= 11 is 3.59. The van der Waals surface area contributed by atoms with Crippen LogP contribution in [0.3, 0.4) is 0 Å². The van der Waals surface area contributed by atoms with E-state index < -0.39 is 0 Å². The fraction of sp³-hybridized carbons (Fsp3) is 0.786. The normalized spacial score (nSPS) is 15.1. The summed E-state index contributed by atoms with van der Waals surface area (Å²) in [5.74, 6) is 1.27. The quantitative estimate of drug-likeness (QED) is 0.867. The Hall–Kier alpha value is -0.350. The van der Waals surface area contributed by atoms with Crippen LogP contribution in [0.1, 0.15) is 45.1 Å². The summed E-state index contributed by atoms with van der Waals surface area (Å²) in [5, 5.41) is 8.14. The van der Waals surface area contributed by atoms with Gasteiger partial charge >= 0.3 is 0 Å². The van der Waals surface area contributed by atoms with E-state index in [1.54, 1.807) is 0 Å². The number of hydrogen-bond donors (Lipinski definition) is 1. The lowest BCUT2D eigenvalue weighted by molar-refractivity contribution is 0.327. The van der Waals surface area contributed by atoms with E-state index in [4.69, 9.17) is 0 Å². The Labute approximate surface area is 119 Å². The highest BCUT2D eigenvalue weighted by atomic mass is 79.9. The maximum Gasteiger partial charge on any atom is 0.0738 e. The highest BCUT2D eigenvalue weighted by Crippen LogP contribution is 2.25. The van der Waals surface area contributed by atoms with E-state index in [-0.39, 0.29) is 0 Å². The van der Waals surface area contributed by atoms with E-state index in [9.17, 15) is 0 Å². The summed E-state index contributed by atoms with van der Waals surface area (Å²) in [6.07, 6.45) is 0. The average Bonchev–Trinajstić information content (AvgIpc) is 2.55. The van der Waals surface area contributed by atoms with Crippen LogP contribution in [0.15, 0.2) is 4.47 Å². The number of hydrogen-bond acceptors (Lipinski definition) is 2. The molecule has 0 saturated heterocycles. The maximum absolute atomic E-state index is 4.62. The molecule has 0 saturated carbocycles. The molecule has 0 spiro atoms. The molecule has 104 valence electrons. The maximum atomic E-state index is 4.62. The van der Waals surface area contributed by atoms with Crippen LogP contribution in [0.2, 0.25) is 0 Å². The highest BCUT2D eigenvalue weighted by Gasteiger charge is 2.19. The Balaban J connectivity index is 2.62. The van der Waals surface area contributed by atoms with Gasteiger partial charge in [-0.05, 0) is 61.6 Å². The summed E-state index contributed by atoms with van der Waals surface area (Å²) in [6.45, 7) is 15.3. The first-order chi connectivity index (χ1) is 8.34. The zero-order valence-electron chi connectivity index (χ0n) is 12.4. The third-order valence-corrected chi connectivity index (χ3v) is 4.61. The molecule has 0 aliphatic heterocycles. The molecule has 1 heterocycles. The van der Waals surface area contributed by atoms with Crippen LogP contribution in [-0.4, -0.2) is 22.9 Å². The fourth-order valence-electron chi connectivity index (χ4n) is 2.05. The first-order valence-electron chi connectivity index (χ1n) is 6.76. The molecule has 1 aromatic rings. The summed E-state index contributed by atoms with van der Waals surface area (Å²) in [5.41, 5.74) is 2.29. The molecule has 0 amide bonds. The fourth-order valence-corrected chi connectivity index (χ4v) is 2.31. The van der Waals surface area contributed by atoms with Crippen molar-refractivity contribution in [3.8, 4) is 0 Å². The largest absolute Gasteiger partial charge is 0.316 e. The zero-order valence-corrected chi connectivity index (χ0v) is 14.0. The molecule has 0 aliphatic rings. The molecule has 2 unspecified atom stereocenters. The van der Waals surface area contributed by atoms with Gasteiger partial charge in [0.15, 0.2) is 0 Å². The number of aromatic nitrogens is 2. The standard InChI is InChI=1S/C14H26BrN3/c1-9(2)7-16-8-10(3)12(5)18-13(6)14(15)11(4)17-18/h9-10,12,16H,7-8H2,1-6H3. The highest BCUT2D eigenvalue weighted by molar-refractivity contribution is 9.10. The first kappa shape index (κ1) is 15.7. The summed E-state index contributed by atoms with van der Waals surface area (Å²) in [4.78, 5) is 0. The van der Waals surface area contributed by atoms with E-state index in [2.05, 4.69) is 65.6 Å². The monoisotopic (exact) mass is 315 g/mol. The van der Waals surface area contributed by atoms with Gasteiger partial charge in [0.1, 0.15) is 0 Å². The van der Waals surface area contributed by atoms with E-state index in [0.717, 1.165) is 23.3 Å².